The van der Waals surface area contributed by atoms with E-state index in [-0.39, 0.29) is 18.3 Å². The molecule has 0 aromatic heterocycles. The van der Waals surface area contributed by atoms with Crippen molar-refractivity contribution in [3.63, 3.8) is 0 Å². The Hall–Kier alpha value is -1.20. The number of carbonyl (C=O) groups excluding carboxylic acids is 1. The normalized spacial score (nSPS) is 14.4. The predicted molar refractivity (Wildman–Crippen MR) is 76.1 cm³/mol. The first-order valence-electron chi connectivity index (χ1n) is 6.24. The van der Waals surface area contributed by atoms with Gasteiger partial charge in [-0.25, -0.2) is 4.39 Å². The van der Waals surface area contributed by atoms with E-state index >= 15 is 0 Å². The summed E-state index contributed by atoms with van der Waals surface area (Å²) < 4.78 is 14.5. The van der Waals surface area contributed by atoms with Crippen LogP contribution in [0.4, 0.5) is 4.39 Å². The van der Waals surface area contributed by atoms with Gasteiger partial charge in [-0.15, -0.1) is 0 Å². The standard InChI is InChI=1S/C14H16BrFN2O/c1-2-18(14(19)10-5-6-17-8-10)9-11-7-12(15)3-4-13(11)16/h3-5,7,17H,2,6,8-9H2,1H3. The molecule has 0 radical (unpaired) electrons. The molecule has 5 heteroatoms. The lowest BCUT2D eigenvalue weighted by atomic mass is 10.1. The summed E-state index contributed by atoms with van der Waals surface area (Å²) >= 11 is 3.32. The Balaban J connectivity index is 2.14. The van der Waals surface area contributed by atoms with Gasteiger partial charge in [0.15, 0.2) is 0 Å². The van der Waals surface area contributed by atoms with Gasteiger partial charge in [-0.2, -0.15) is 0 Å². The number of rotatable bonds is 4. The topological polar surface area (TPSA) is 32.3 Å². The molecule has 1 aliphatic rings. The average Bonchev–Trinajstić information content (AvgIpc) is 2.93. The minimum atomic E-state index is -0.284. The highest BCUT2D eigenvalue weighted by atomic mass is 79.9. The third-order valence-corrected chi connectivity index (χ3v) is 3.61. The van der Waals surface area contributed by atoms with Crippen LogP contribution >= 0.6 is 15.9 Å². The van der Waals surface area contributed by atoms with Crippen molar-refractivity contribution in [1.29, 1.82) is 0 Å². The molecular formula is C14H16BrFN2O. The van der Waals surface area contributed by atoms with Gasteiger partial charge in [-0.3, -0.25) is 4.79 Å². The first-order chi connectivity index (χ1) is 9.11. The van der Waals surface area contributed by atoms with Crippen LogP contribution in [-0.2, 0) is 11.3 Å². The van der Waals surface area contributed by atoms with Gasteiger partial charge in [0.1, 0.15) is 5.82 Å². The van der Waals surface area contributed by atoms with E-state index in [2.05, 4.69) is 21.2 Å². The smallest absolute Gasteiger partial charge is 0.251 e. The number of likely N-dealkylation sites (N-methyl/N-ethyl adjacent to an activating group) is 1. The minimum absolute atomic E-state index is 0.0214. The molecule has 2 rings (SSSR count). The highest BCUT2D eigenvalue weighted by molar-refractivity contribution is 9.10. The summed E-state index contributed by atoms with van der Waals surface area (Å²) in [6.45, 7) is 4.07. The number of halogens is 2. The molecule has 102 valence electrons. The van der Waals surface area contributed by atoms with Crippen molar-refractivity contribution in [2.24, 2.45) is 0 Å². The number of hydrogen-bond donors (Lipinski definition) is 1. The quantitative estimate of drug-likeness (QED) is 0.921. The minimum Gasteiger partial charge on any atom is -0.335 e. The summed E-state index contributed by atoms with van der Waals surface area (Å²) in [6, 6.07) is 4.78. The average molecular weight is 327 g/mol. The zero-order chi connectivity index (χ0) is 13.8. The first-order valence-corrected chi connectivity index (χ1v) is 7.04. The molecule has 0 bridgehead atoms. The molecule has 0 aliphatic carbocycles. The van der Waals surface area contributed by atoms with Crippen LogP contribution in [0, 0.1) is 5.82 Å². The molecule has 0 saturated heterocycles. The van der Waals surface area contributed by atoms with Gasteiger partial charge in [0.2, 0.25) is 0 Å². The lowest BCUT2D eigenvalue weighted by Gasteiger charge is -2.22. The molecule has 1 aliphatic heterocycles. The summed E-state index contributed by atoms with van der Waals surface area (Å²) in [5, 5.41) is 3.09. The van der Waals surface area contributed by atoms with Crippen molar-refractivity contribution >= 4 is 21.8 Å². The van der Waals surface area contributed by atoms with Crippen molar-refractivity contribution in [2.75, 3.05) is 19.6 Å². The Morgan fingerprint density at radius 1 is 1.53 bits per heavy atom. The molecular weight excluding hydrogens is 311 g/mol. The van der Waals surface area contributed by atoms with Gasteiger partial charge in [-0.05, 0) is 25.1 Å². The molecule has 1 heterocycles. The molecule has 1 aromatic rings. The Bertz CT molecular complexity index is 516. The van der Waals surface area contributed by atoms with E-state index in [0.717, 1.165) is 16.6 Å². The third kappa shape index (κ3) is 3.42. The van der Waals surface area contributed by atoms with Gasteiger partial charge in [0.25, 0.3) is 5.91 Å². The maximum Gasteiger partial charge on any atom is 0.251 e. The number of carbonyl (C=O) groups is 1. The summed E-state index contributed by atoms with van der Waals surface area (Å²) in [7, 11) is 0. The number of nitrogens with zero attached hydrogens (tertiary/aromatic N) is 1. The van der Waals surface area contributed by atoms with Gasteiger partial charge < -0.3 is 10.2 Å². The highest BCUT2D eigenvalue weighted by Gasteiger charge is 2.20. The number of amides is 1. The van der Waals surface area contributed by atoms with Gasteiger partial charge >= 0.3 is 0 Å². The molecule has 1 aromatic carbocycles. The molecule has 1 N–H and O–H groups in total. The van der Waals surface area contributed by atoms with Crippen LogP contribution in [0.25, 0.3) is 0 Å². The molecule has 0 unspecified atom stereocenters. The largest absolute Gasteiger partial charge is 0.335 e. The van der Waals surface area contributed by atoms with Crippen molar-refractivity contribution < 1.29 is 9.18 Å². The SMILES string of the molecule is CCN(Cc1cc(Br)ccc1F)C(=O)C1=CCNC1. The van der Waals surface area contributed by atoms with Crippen LogP contribution in [0.15, 0.2) is 34.3 Å². The van der Waals surface area contributed by atoms with E-state index in [9.17, 15) is 9.18 Å². The predicted octanol–water partition coefficient (Wildman–Crippen LogP) is 2.47. The summed E-state index contributed by atoms with van der Waals surface area (Å²) in [6.07, 6.45) is 1.89. The summed E-state index contributed by atoms with van der Waals surface area (Å²) in [5.41, 5.74) is 1.29. The van der Waals surface area contributed by atoms with Gasteiger partial charge in [0.05, 0.1) is 0 Å². The molecule has 1 amide bonds. The fraction of sp³-hybridized carbons (Fsp3) is 0.357. The zero-order valence-corrected chi connectivity index (χ0v) is 12.3. The van der Waals surface area contributed by atoms with Gasteiger partial charge in [0, 0.05) is 41.8 Å². The monoisotopic (exact) mass is 326 g/mol. The van der Waals surface area contributed by atoms with Crippen LogP contribution in [0.2, 0.25) is 0 Å². The Labute approximate surface area is 120 Å². The summed E-state index contributed by atoms with van der Waals surface area (Å²) in [5.74, 6) is -0.306. The molecule has 3 nitrogen and oxygen atoms in total. The molecule has 0 spiro atoms. The maximum atomic E-state index is 13.7. The second-order valence-corrected chi connectivity index (χ2v) is 5.33. The molecule has 0 atom stereocenters. The zero-order valence-electron chi connectivity index (χ0n) is 10.7. The third-order valence-electron chi connectivity index (χ3n) is 3.12. The second-order valence-electron chi connectivity index (χ2n) is 4.42. The van der Waals surface area contributed by atoms with E-state index in [4.69, 9.17) is 0 Å². The maximum absolute atomic E-state index is 13.7. The van der Waals surface area contributed by atoms with Crippen molar-refractivity contribution in [3.8, 4) is 0 Å². The highest BCUT2D eigenvalue weighted by Crippen LogP contribution is 2.18. The summed E-state index contributed by atoms with van der Waals surface area (Å²) in [4.78, 5) is 13.9. The fourth-order valence-electron chi connectivity index (χ4n) is 2.04. The second kappa shape index (κ2) is 6.30. The van der Waals surface area contributed by atoms with Crippen LogP contribution < -0.4 is 5.32 Å². The van der Waals surface area contributed by atoms with Crippen LogP contribution in [0.3, 0.4) is 0 Å². The van der Waals surface area contributed by atoms with E-state index in [1.54, 1.807) is 17.0 Å². The number of benzene rings is 1. The fourth-order valence-corrected chi connectivity index (χ4v) is 2.45. The molecule has 0 saturated carbocycles. The first kappa shape index (κ1) is 14.2. The van der Waals surface area contributed by atoms with Crippen LogP contribution in [0.5, 0.6) is 0 Å². The van der Waals surface area contributed by atoms with Crippen molar-refractivity contribution in [3.05, 3.63) is 45.7 Å². The Morgan fingerprint density at radius 3 is 2.95 bits per heavy atom. The lowest BCUT2D eigenvalue weighted by molar-refractivity contribution is -0.127. The van der Waals surface area contributed by atoms with Crippen molar-refractivity contribution in [2.45, 2.75) is 13.5 Å². The van der Waals surface area contributed by atoms with Crippen molar-refractivity contribution in [1.82, 2.24) is 10.2 Å². The van der Waals surface area contributed by atoms with Crippen LogP contribution in [0.1, 0.15) is 12.5 Å². The molecule has 0 fully saturated rings. The lowest BCUT2D eigenvalue weighted by Crippen LogP contribution is -2.33. The molecule has 19 heavy (non-hydrogen) atoms. The van der Waals surface area contributed by atoms with Gasteiger partial charge in [-0.1, -0.05) is 22.0 Å². The van der Waals surface area contributed by atoms with E-state index in [0.29, 0.717) is 18.7 Å². The number of hydrogen-bond acceptors (Lipinski definition) is 2. The number of nitrogens with one attached hydrogen (secondary N) is 1. The van der Waals surface area contributed by atoms with E-state index < -0.39 is 0 Å². The Kier molecular flexibility index (Phi) is 4.71. The van der Waals surface area contributed by atoms with E-state index in [1.165, 1.54) is 6.07 Å². The van der Waals surface area contributed by atoms with Crippen LogP contribution in [-0.4, -0.2) is 30.4 Å². The van der Waals surface area contributed by atoms with E-state index in [1.807, 2.05) is 13.0 Å². The Morgan fingerprint density at radius 2 is 2.32 bits per heavy atom.